The van der Waals surface area contributed by atoms with Gasteiger partial charge in [0.1, 0.15) is 11.5 Å². The molecule has 0 aliphatic rings. The fraction of sp³-hybridized carbons (Fsp3) is 0.250. The van der Waals surface area contributed by atoms with Crippen molar-refractivity contribution in [2.75, 3.05) is 18.4 Å². The zero-order valence-corrected chi connectivity index (χ0v) is 13.6. The van der Waals surface area contributed by atoms with E-state index in [1.807, 2.05) is 13.8 Å². The van der Waals surface area contributed by atoms with E-state index in [1.54, 1.807) is 37.4 Å². The van der Waals surface area contributed by atoms with Gasteiger partial charge in [-0.25, -0.2) is 8.42 Å². The second-order valence-corrected chi connectivity index (χ2v) is 6.37. The van der Waals surface area contributed by atoms with Crippen molar-refractivity contribution in [3.8, 4) is 11.5 Å². The zero-order chi connectivity index (χ0) is 16.2. The van der Waals surface area contributed by atoms with E-state index < -0.39 is 10.0 Å². The number of methoxy groups -OCH3 is 1. The number of anilines is 1. The number of aryl methyl sites for hydroxylation is 1. The molecule has 0 unspecified atom stereocenters. The fourth-order valence-electron chi connectivity index (χ4n) is 1.96. The highest BCUT2D eigenvalue weighted by atomic mass is 32.2. The van der Waals surface area contributed by atoms with E-state index in [0.29, 0.717) is 23.8 Å². The smallest absolute Gasteiger partial charge is 0.261 e. The molecule has 0 aliphatic carbocycles. The number of benzene rings is 2. The topological polar surface area (TPSA) is 64.6 Å². The van der Waals surface area contributed by atoms with E-state index >= 15 is 0 Å². The van der Waals surface area contributed by atoms with Crippen molar-refractivity contribution in [1.82, 2.24) is 0 Å². The van der Waals surface area contributed by atoms with Crippen LogP contribution in [0.4, 0.5) is 5.69 Å². The van der Waals surface area contributed by atoms with Crippen molar-refractivity contribution < 1.29 is 17.9 Å². The van der Waals surface area contributed by atoms with Gasteiger partial charge in [-0.05, 0) is 61.9 Å². The Labute approximate surface area is 130 Å². The van der Waals surface area contributed by atoms with Crippen LogP contribution in [0.15, 0.2) is 47.4 Å². The molecule has 0 heterocycles. The van der Waals surface area contributed by atoms with Gasteiger partial charge in [-0.2, -0.15) is 0 Å². The fourth-order valence-corrected chi connectivity index (χ4v) is 3.09. The van der Waals surface area contributed by atoms with Gasteiger partial charge in [0.05, 0.1) is 24.3 Å². The van der Waals surface area contributed by atoms with Gasteiger partial charge < -0.3 is 9.47 Å². The molecule has 118 valence electrons. The minimum Gasteiger partial charge on any atom is -0.497 e. The molecule has 0 spiro atoms. The Morgan fingerprint density at radius 1 is 1.05 bits per heavy atom. The summed E-state index contributed by atoms with van der Waals surface area (Å²) in [6, 6.07) is 11.5. The Morgan fingerprint density at radius 3 is 2.23 bits per heavy atom. The molecule has 0 amide bonds. The number of nitrogens with one attached hydrogen (secondary N) is 1. The Morgan fingerprint density at radius 2 is 1.68 bits per heavy atom. The first kappa shape index (κ1) is 16.2. The first-order valence-corrected chi connectivity index (χ1v) is 8.35. The van der Waals surface area contributed by atoms with E-state index in [4.69, 9.17) is 9.47 Å². The Bertz CT molecular complexity index is 739. The molecule has 0 saturated carbocycles. The van der Waals surface area contributed by atoms with Gasteiger partial charge in [0.15, 0.2) is 0 Å². The molecule has 2 aromatic rings. The molecule has 2 aromatic carbocycles. The Kier molecular flexibility index (Phi) is 4.92. The molecule has 0 saturated heterocycles. The van der Waals surface area contributed by atoms with Crippen LogP contribution in [0.5, 0.6) is 11.5 Å². The number of hydrogen-bond donors (Lipinski definition) is 1. The summed E-state index contributed by atoms with van der Waals surface area (Å²) >= 11 is 0. The second-order valence-electron chi connectivity index (χ2n) is 4.69. The van der Waals surface area contributed by atoms with Gasteiger partial charge in [0, 0.05) is 0 Å². The molecule has 0 aromatic heterocycles. The molecule has 5 nitrogen and oxygen atoms in total. The van der Waals surface area contributed by atoms with E-state index in [2.05, 4.69) is 4.72 Å². The lowest BCUT2D eigenvalue weighted by Crippen LogP contribution is -2.13. The quantitative estimate of drug-likeness (QED) is 0.887. The van der Waals surface area contributed by atoms with Gasteiger partial charge in [-0.15, -0.1) is 0 Å². The van der Waals surface area contributed by atoms with Crippen LogP contribution in [0.3, 0.4) is 0 Å². The third kappa shape index (κ3) is 3.71. The highest BCUT2D eigenvalue weighted by molar-refractivity contribution is 7.92. The van der Waals surface area contributed by atoms with Crippen LogP contribution in [0.25, 0.3) is 0 Å². The number of ether oxygens (including phenoxy) is 2. The van der Waals surface area contributed by atoms with Crippen molar-refractivity contribution in [3.63, 3.8) is 0 Å². The average Bonchev–Trinajstić information content (AvgIpc) is 2.50. The lowest BCUT2D eigenvalue weighted by atomic mass is 10.2. The summed E-state index contributed by atoms with van der Waals surface area (Å²) in [5.74, 6) is 1.32. The largest absolute Gasteiger partial charge is 0.497 e. The number of hydrogen-bond acceptors (Lipinski definition) is 4. The maximum atomic E-state index is 12.4. The van der Waals surface area contributed by atoms with Crippen LogP contribution in [0, 0.1) is 6.92 Å². The van der Waals surface area contributed by atoms with Crippen molar-refractivity contribution in [2.24, 2.45) is 0 Å². The molecule has 22 heavy (non-hydrogen) atoms. The van der Waals surface area contributed by atoms with Crippen molar-refractivity contribution in [2.45, 2.75) is 18.7 Å². The standard InChI is InChI=1S/C16H19NO4S/c1-4-21-13-5-8-15(9-6-13)22(18,19)17-16-10-7-14(20-3)11-12(16)2/h5-11,17H,4H2,1-3H3. The first-order valence-electron chi connectivity index (χ1n) is 6.86. The predicted octanol–water partition coefficient (Wildman–Crippen LogP) is 3.20. The molecular formula is C16H19NO4S. The monoisotopic (exact) mass is 321 g/mol. The van der Waals surface area contributed by atoms with Gasteiger partial charge in [0.2, 0.25) is 0 Å². The van der Waals surface area contributed by atoms with E-state index in [9.17, 15) is 8.42 Å². The van der Waals surface area contributed by atoms with Crippen molar-refractivity contribution in [1.29, 1.82) is 0 Å². The molecule has 2 rings (SSSR count). The van der Waals surface area contributed by atoms with Crippen LogP contribution < -0.4 is 14.2 Å². The van der Waals surface area contributed by atoms with Gasteiger partial charge in [0.25, 0.3) is 10.0 Å². The molecule has 0 aliphatic heterocycles. The zero-order valence-electron chi connectivity index (χ0n) is 12.8. The Hall–Kier alpha value is -2.21. The van der Waals surface area contributed by atoms with Crippen LogP contribution in [0.2, 0.25) is 0 Å². The average molecular weight is 321 g/mol. The lowest BCUT2D eigenvalue weighted by molar-refractivity contribution is 0.340. The summed E-state index contributed by atoms with van der Waals surface area (Å²) in [6.45, 7) is 4.23. The lowest BCUT2D eigenvalue weighted by Gasteiger charge is -2.12. The van der Waals surface area contributed by atoms with Gasteiger partial charge >= 0.3 is 0 Å². The SMILES string of the molecule is CCOc1ccc(S(=O)(=O)Nc2ccc(OC)cc2C)cc1. The first-order chi connectivity index (χ1) is 10.5. The van der Waals surface area contributed by atoms with Crippen LogP contribution in [0.1, 0.15) is 12.5 Å². The summed E-state index contributed by atoms with van der Waals surface area (Å²) in [6.07, 6.45) is 0. The van der Waals surface area contributed by atoms with Crippen LogP contribution in [-0.2, 0) is 10.0 Å². The van der Waals surface area contributed by atoms with Crippen LogP contribution in [-0.4, -0.2) is 22.1 Å². The minimum absolute atomic E-state index is 0.186. The van der Waals surface area contributed by atoms with Crippen LogP contribution >= 0.6 is 0 Å². The number of sulfonamides is 1. The van der Waals surface area contributed by atoms with E-state index in [-0.39, 0.29) is 4.90 Å². The van der Waals surface area contributed by atoms with Gasteiger partial charge in [-0.3, -0.25) is 4.72 Å². The molecule has 0 atom stereocenters. The molecule has 6 heteroatoms. The summed E-state index contributed by atoms with van der Waals surface area (Å²) in [5.41, 5.74) is 1.31. The summed E-state index contributed by atoms with van der Waals surface area (Å²) in [7, 11) is -2.07. The third-order valence-corrected chi connectivity index (χ3v) is 4.50. The normalized spacial score (nSPS) is 11.0. The maximum absolute atomic E-state index is 12.4. The van der Waals surface area contributed by atoms with Crippen molar-refractivity contribution >= 4 is 15.7 Å². The highest BCUT2D eigenvalue weighted by Crippen LogP contribution is 2.24. The summed E-state index contributed by atoms with van der Waals surface area (Å²) < 4.78 is 37.8. The molecule has 0 fully saturated rings. The minimum atomic E-state index is -3.63. The molecule has 1 N–H and O–H groups in total. The molecule has 0 bridgehead atoms. The van der Waals surface area contributed by atoms with E-state index in [1.165, 1.54) is 12.1 Å². The maximum Gasteiger partial charge on any atom is 0.261 e. The summed E-state index contributed by atoms with van der Waals surface area (Å²) in [5, 5.41) is 0. The van der Waals surface area contributed by atoms with E-state index in [0.717, 1.165) is 5.56 Å². The third-order valence-electron chi connectivity index (χ3n) is 3.12. The Balaban J connectivity index is 2.23. The predicted molar refractivity (Wildman–Crippen MR) is 86.2 cm³/mol. The molecule has 0 radical (unpaired) electrons. The van der Waals surface area contributed by atoms with Crippen molar-refractivity contribution in [3.05, 3.63) is 48.0 Å². The second kappa shape index (κ2) is 6.70. The van der Waals surface area contributed by atoms with Gasteiger partial charge in [-0.1, -0.05) is 0 Å². The summed E-state index contributed by atoms with van der Waals surface area (Å²) in [4.78, 5) is 0.186. The number of rotatable bonds is 6. The molecular weight excluding hydrogens is 302 g/mol. The highest BCUT2D eigenvalue weighted by Gasteiger charge is 2.15.